The van der Waals surface area contributed by atoms with Crippen LogP contribution in [0, 0.1) is 0 Å². The third kappa shape index (κ3) is 4.10. The molecule has 0 spiro atoms. The number of anilines is 1. The maximum atomic E-state index is 11.8. The van der Waals surface area contributed by atoms with Crippen LogP contribution in [0.15, 0.2) is 48.8 Å². The van der Waals surface area contributed by atoms with Crippen molar-refractivity contribution in [3.05, 3.63) is 65.9 Å². The van der Waals surface area contributed by atoms with Gasteiger partial charge in [-0.1, -0.05) is 30.3 Å². The van der Waals surface area contributed by atoms with Crippen molar-refractivity contribution in [2.24, 2.45) is 11.5 Å². The standard InChI is InChI=1S/C19H17BN8O4/c21-15(29)13-6-2-5-12-14(24-9-28(12)13)17-25-18(16(22)30)27-19(26-17)23-8-10-3-1-4-11(7-10)20(31)32/h1-7,9,31-32H,8H2,(H2,21,29)(H2,22,30)(H,23,25,26,27). The molecule has 160 valence electrons. The molecule has 0 saturated carbocycles. The number of nitrogens with two attached hydrogens (primary N) is 2. The van der Waals surface area contributed by atoms with Crippen LogP contribution in [0.25, 0.3) is 17.0 Å². The van der Waals surface area contributed by atoms with E-state index in [4.69, 9.17) is 11.5 Å². The minimum atomic E-state index is -1.60. The van der Waals surface area contributed by atoms with Gasteiger partial charge in [-0.05, 0) is 23.2 Å². The molecule has 13 heteroatoms. The molecule has 1 aromatic carbocycles. The smallest absolute Gasteiger partial charge is 0.423 e. The number of imidazole rings is 1. The van der Waals surface area contributed by atoms with Crippen LogP contribution in [-0.4, -0.2) is 53.3 Å². The van der Waals surface area contributed by atoms with E-state index in [0.717, 1.165) is 5.56 Å². The van der Waals surface area contributed by atoms with Crippen LogP contribution in [0.5, 0.6) is 0 Å². The van der Waals surface area contributed by atoms with E-state index >= 15 is 0 Å². The Balaban J connectivity index is 1.71. The van der Waals surface area contributed by atoms with Crippen molar-refractivity contribution >= 4 is 35.9 Å². The normalized spacial score (nSPS) is 10.8. The predicted molar refractivity (Wildman–Crippen MR) is 115 cm³/mol. The number of pyridine rings is 1. The summed E-state index contributed by atoms with van der Waals surface area (Å²) in [5.41, 5.74) is 12.8. The molecule has 3 aromatic heterocycles. The van der Waals surface area contributed by atoms with Gasteiger partial charge in [0.15, 0.2) is 5.82 Å². The van der Waals surface area contributed by atoms with Crippen LogP contribution in [0.3, 0.4) is 0 Å². The second kappa shape index (κ2) is 8.41. The molecule has 32 heavy (non-hydrogen) atoms. The lowest BCUT2D eigenvalue weighted by Crippen LogP contribution is -2.30. The molecule has 0 fully saturated rings. The number of aromatic nitrogens is 5. The molecule has 3 heterocycles. The van der Waals surface area contributed by atoms with Crippen LogP contribution in [0.2, 0.25) is 0 Å². The van der Waals surface area contributed by atoms with E-state index in [9.17, 15) is 19.6 Å². The molecule has 4 rings (SSSR count). The van der Waals surface area contributed by atoms with Crippen molar-refractivity contribution in [3.63, 3.8) is 0 Å². The van der Waals surface area contributed by atoms with Crippen LogP contribution in [0.1, 0.15) is 26.7 Å². The number of hydrogen-bond acceptors (Lipinski definition) is 9. The Labute approximate surface area is 181 Å². The second-order valence-electron chi connectivity index (χ2n) is 6.77. The number of carbonyl (C=O) groups excluding carboxylic acids is 2. The fourth-order valence-corrected chi connectivity index (χ4v) is 3.11. The first-order valence-corrected chi connectivity index (χ1v) is 9.34. The van der Waals surface area contributed by atoms with Crippen molar-refractivity contribution in [2.45, 2.75) is 6.54 Å². The zero-order valence-electron chi connectivity index (χ0n) is 16.5. The number of fused-ring (bicyclic) bond motifs is 1. The maximum Gasteiger partial charge on any atom is 0.488 e. The van der Waals surface area contributed by atoms with Gasteiger partial charge in [0.05, 0.1) is 5.52 Å². The molecule has 0 bridgehead atoms. The zero-order valence-corrected chi connectivity index (χ0v) is 16.5. The fraction of sp³-hybridized carbons (Fsp3) is 0.0526. The highest BCUT2D eigenvalue weighted by atomic mass is 16.4. The molecule has 0 saturated heterocycles. The zero-order chi connectivity index (χ0) is 22.8. The van der Waals surface area contributed by atoms with E-state index in [0.29, 0.717) is 16.7 Å². The van der Waals surface area contributed by atoms with Crippen LogP contribution >= 0.6 is 0 Å². The van der Waals surface area contributed by atoms with E-state index < -0.39 is 18.9 Å². The van der Waals surface area contributed by atoms with Gasteiger partial charge in [-0.3, -0.25) is 14.0 Å². The number of primary amides is 2. The number of amides is 2. The summed E-state index contributed by atoms with van der Waals surface area (Å²) in [4.78, 5) is 40.2. The molecule has 12 nitrogen and oxygen atoms in total. The lowest BCUT2D eigenvalue weighted by molar-refractivity contribution is 0.0984. The monoisotopic (exact) mass is 432 g/mol. The molecular formula is C19H17BN8O4. The Morgan fingerprint density at radius 2 is 1.81 bits per heavy atom. The van der Waals surface area contributed by atoms with Gasteiger partial charge in [-0.15, -0.1) is 0 Å². The Bertz CT molecular complexity index is 1340. The van der Waals surface area contributed by atoms with E-state index in [1.807, 2.05) is 0 Å². The maximum absolute atomic E-state index is 11.8. The minimum Gasteiger partial charge on any atom is -0.423 e. The average Bonchev–Trinajstić information content (AvgIpc) is 3.21. The quantitative estimate of drug-likeness (QED) is 0.220. The Kier molecular flexibility index (Phi) is 5.49. The molecule has 4 aromatic rings. The highest BCUT2D eigenvalue weighted by Crippen LogP contribution is 2.22. The van der Waals surface area contributed by atoms with Gasteiger partial charge in [0.2, 0.25) is 11.8 Å². The van der Waals surface area contributed by atoms with E-state index in [-0.39, 0.29) is 29.8 Å². The third-order valence-electron chi connectivity index (χ3n) is 4.59. The van der Waals surface area contributed by atoms with Gasteiger partial charge in [-0.2, -0.15) is 9.97 Å². The number of nitrogens with one attached hydrogen (secondary N) is 1. The molecule has 2 amide bonds. The van der Waals surface area contributed by atoms with Crippen molar-refractivity contribution in [2.75, 3.05) is 5.32 Å². The molecule has 0 aliphatic heterocycles. The molecule has 0 atom stereocenters. The number of carbonyl (C=O) groups is 2. The summed E-state index contributed by atoms with van der Waals surface area (Å²) < 4.78 is 1.49. The minimum absolute atomic E-state index is 0.0611. The highest BCUT2D eigenvalue weighted by Gasteiger charge is 2.18. The van der Waals surface area contributed by atoms with E-state index in [1.54, 1.807) is 42.5 Å². The third-order valence-corrected chi connectivity index (χ3v) is 4.59. The number of nitrogens with zero attached hydrogens (tertiary/aromatic N) is 5. The van der Waals surface area contributed by atoms with Gasteiger partial charge in [0.25, 0.3) is 11.8 Å². The van der Waals surface area contributed by atoms with Crippen LogP contribution in [-0.2, 0) is 6.54 Å². The Hall–Kier alpha value is -4.36. The van der Waals surface area contributed by atoms with Gasteiger partial charge in [0, 0.05) is 6.54 Å². The number of rotatable bonds is 7. The number of hydrogen-bond donors (Lipinski definition) is 5. The Morgan fingerprint density at radius 1 is 1.03 bits per heavy atom. The van der Waals surface area contributed by atoms with Crippen molar-refractivity contribution in [1.82, 2.24) is 24.3 Å². The van der Waals surface area contributed by atoms with E-state index in [2.05, 4.69) is 25.3 Å². The predicted octanol–water partition coefficient (Wildman–Crippen LogP) is -1.32. The van der Waals surface area contributed by atoms with Crippen LogP contribution in [0.4, 0.5) is 5.95 Å². The van der Waals surface area contributed by atoms with Gasteiger partial charge in [0.1, 0.15) is 17.7 Å². The molecular weight excluding hydrogens is 415 g/mol. The summed E-state index contributed by atoms with van der Waals surface area (Å²) in [6, 6.07) is 11.5. The first-order chi connectivity index (χ1) is 15.3. The summed E-state index contributed by atoms with van der Waals surface area (Å²) >= 11 is 0. The SMILES string of the molecule is NC(=O)c1nc(NCc2cccc(B(O)O)c2)nc(-c2ncn3c(C(N)=O)cccc23)n1. The summed E-state index contributed by atoms with van der Waals surface area (Å²) in [7, 11) is -1.60. The first kappa shape index (κ1) is 20.9. The molecule has 0 aliphatic rings. The summed E-state index contributed by atoms with van der Waals surface area (Å²) in [5.74, 6) is -1.64. The largest absolute Gasteiger partial charge is 0.488 e. The first-order valence-electron chi connectivity index (χ1n) is 9.34. The second-order valence-corrected chi connectivity index (χ2v) is 6.77. The Morgan fingerprint density at radius 3 is 2.53 bits per heavy atom. The number of benzene rings is 1. The molecule has 0 aliphatic carbocycles. The van der Waals surface area contributed by atoms with Crippen molar-refractivity contribution in [3.8, 4) is 11.5 Å². The molecule has 7 N–H and O–H groups in total. The topological polar surface area (TPSA) is 195 Å². The van der Waals surface area contributed by atoms with Crippen molar-refractivity contribution < 1.29 is 19.6 Å². The van der Waals surface area contributed by atoms with E-state index in [1.165, 1.54) is 10.7 Å². The van der Waals surface area contributed by atoms with Crippen LogP contribution < -0.4 is 22.2 Å². The molecule has 0 radical (unpaired) electrons. The highest BCUT2D eigenvalue weighted by molar-refractivity contribution is 6.58. The lowest BCUT2D eigenvalue weighted by atomic mass is 9.80. The lowest BCUT2D eigenvalue weighted by Gasteiger charge is -2.09. The van der Waals surface area contributed by atoms with Gasteiger partial charge in [-0.25, -0.2) is 9.97 Å². The summed E-state index contributed by atoms with van der Waals surface area (Å²) in [6.07, 6.45) is 1.40. The summed E-state index contributed by atoms with van der Waals surface area (Å²) in [5, 5.41) is 21.6. The van der Waals surface area contributed by atoms with Gasteiger partial charge < -0.3 is 26.8 Å². The summed E-state index contributed by atoms with van der Waals surface area (Å²) in [6.45, 7) is 0.220. The molecule has 0 unspecified atom stereocenters. The van der Waals surface area contributed by atoms with Crippen molar-refractivity contribution in [1.29, 1.82) is 0 Å². The average molecular weight is 432 g/mol. The fourth-order valence-electron chi connectivity index (χ4n) is 3.11. The van der Waals surface area contributed by atoms with Gasteiger partial charge >= 0.3 is 7.12 Å².